The van der Waals surface area contributed by atoms with E-state index in [9.17, 15) is 0 Å². The summed E-state index contributed by atoms with van der Waals surface area (Å²) in [5.74, 6) is 1.76. The monoisotopic (exact) mass is 311 g/mol. The molecule has 0 heterocycles. The van der Waals surface area contributed by atoms with Crippen molar-refractivity contribution in [2.75, 3.05) is 6.61 Å². The molecule has 0 amide bonds. The lowest BCUT2D eigenvalue weighted by molar-refractivity contribution is 0.277. The number of rotatable bonds is 6. The second-order valence-corrected chi connectivity index (χ2v) is 6.03. The Labute approximate surface area is 118 Å². The van der Waals surface area contributed by atoms with Gasteiger partial charge in [-0.3, -0.25) is 0 Å². The summed E-state index contributed by atoms with van der Waals surface area (Å²) in [6.45, 7) is 2.86. The first-order chi connectivity index (χ1) is 8.70. The summed E-state index contributed by atoms with van der Waals surface area (Å²) in [6, 6.07) is 6.38. The van der Waals surface area contributed by atoms with Gasteiger partial charge in [0.25, 0.3) is 0 Å². The van der Waals surface area contributed by atoms with E-state index in [4.69, 9.17) is 10.5 Å². The molecule has 0 aliphatic heterocycles. The Bertz CT molecular complexity index is 390. The van der Waals surface area contributed by atoms with Crippen molar-refractivity contribution in [3.8, 4) is 5.75 Å². The summed E-state index contributed by atoms with van der Waals surface area (Å²) in [5, 5.41) is 0. The van der Waals surface area contributed by atoms with Gasteiger partial charge in [0.2, 0.25) is 0 Å². The normalized spacial score (nSPS) is 17.3. The van der Waals surface area contributed by atoms with Gasteiger partial charge in [-0.1, -0.05) is 32.3 Å². The van der Waals surface area contributed by atoms with E-state index >= 15 is 0 Å². The Hall–Kier alpha value is -0.540. The van der Waals surface area contributed by atoms with Gasteiger partial charge in [0.05, 0.1) is 11.1 Å². The van der Waals surface area contributed by atoms with Gasteiger partial charge in [0.1, 0.15) is 5.75 Å². The van der Waals surface area contributed by atoms with E-state index < -0.39 is 0 Å². The Kier molecular flexibility index (Phi) is 5.07. The third-order valence-corrected chi connectivity index (χ3v) is 4.28. The van der Waals surface area contributed by atoms with Gasteiger partial charge in [-0.25, -0.2) is 0 Å². The minimum absolute atomic E-state index is 0.159. The van der Waals surface area contributed by atoms with Crippen molar-refractivity contribution in [3.63, 3.8) is 0 Å². The molecule has 0 aromatic heterocycles. The molecule has 1 fully saturated rings. The number of nitrogens with two attached hydrogens (primary N) is 1. The van der Waals surface area contributed by atoms with Crippen molar-refractivity contribution >= 4 is 15.9 Å². The van der Waals surface area contributed by atoms with E-state index in [0.717, 1.165) is 35.6 Å². The van der Waals surface area contributed by atoms with Crippen molar-refractivity contribution in [1.82, 2.24) is 0 Å². The third-order valence-electron chi connectivity index (χ3n) is 3.66. The SMILES string of the molecule is CCCOc1ccc(C(N)CC2CCC2)cc1Br. The molecule has 1 unspecified atom stereocenters. The fourth-order valence-corrected chi connectivity index (χ4v) is 2.81. The molecule has 0 saturated heterocycles. The second-order valence-electron chi connectivity index (χ2n) is 5.18. The molecule has 2 rings (SSSR count). The van der Waals surface area contributed by atoms with Gasteiger partial charge in [0.15, 0.2) is 0 Å². The Morgan fingerprint density at radius 1 is 1.44 bits per heavy atom. The molecular formula is C15H22BrNO. The van der Waals surface area contributed by atoms with Gasteiger partial charge in [-0.15, -0.1) is 0 Å². The Morgan fingerprint density at radius 2 is 2.22 bits per heavy atom. The lowest BCUT2D eigenvalue weighted by Gasteiger charge is -2.28. The predicted molar refractivity (Wildman–Crippen MR) is 78.8 cm³/mol. The first-order valence-electron chi connectivity index (χ1n) is 6.88. The molecule has 3 heteroatoms. The third kappa shape index (κ3) is 3.48. The van der Waals surface area contributed by atoms with E-state index in [1.54, 1.807) is 0 Å². The van der Waals surface area contributed by atoms with Crippen molar-refractivity contribution in [2.45, 2.75) is 45.1 Å². The first-order valence-corrected chi connectivity index (χ1v) is 7.67. The molecule has 1 aromatic rings. The van der Waals surface area contributed by atoms with Crippen LogP contribution in [0.1, 0.15) is 50.6 Å². The summed E-state index contributed by atoms with van der Waals surface area (Å²) < 4.78 is 6.66. The molecular weight excluding hydrogens is 290 g/mol. The molecule has 1 aromatic carbocycles. The van der Waals surface area contributed by atoms with Crippen LogP contribution in [-0.2, 0) is 0 Å². The van der Waals surface area contributed by atoms with Gasteiger partial charge >= 0.3 is 0 Å². The highest BCUT2D eigenvalue weighted by Gasteiger charge is 2.21. The summed E-state index contributed by atoms with van der Waals surface area (Å²) in [5.41, 5.74) is 7.47. The van der Waals surface area contributed by atoms with Crippen molar-refractivity contribution < 1.29 is 4.74 Å². The zero-order valence-electron chi connectivity index (χ0n) is 11.0. The average Bonchev–Trinajstić information content (AvgIpc) is 2.32. The lowest BCUT2D eigenvalue weighted by Crippen LogP contribution is -2.20. The van der Waals surface area contributed by atoms with E-state index in [1.165, 1.54) is 24.8 Å². The van der Waals surface area contributed by atoms with Crippen LogP contribution in [0.2, 0.25) is 0 Å². The van der Waals surface area contributed by atoms with Crippen LogP contribution in [0.25, 0.3) is 0 Å². The molecule has 100 valence electrons. The van der Waals surface area contributed by atoms with Crippen molar-refractivity contribution in [1.29, 1.82) is 0 Å². The van der Waals surface area contributed by atoms with Crippen LogP contribution in [0.4, 0.5) is 0 Å². The second kappa shape index (κ2) is 6.58. The van der Waals surface area contributed by atoms with Crippen LogP contribution in [0.3, 0.4) is 0 Å². The van der Waals surface area contributed by atoms with Gasteiger partial charge < -0.3 is 10.5 Å². The predicted octanol–water partition coefficient (Wildman–Crippen LogP) is 4.43. The smallest absolute Gasteiger partial charge is 0.133 e. The maximum absolute atomic E-state index is 6.26. The number of benzene rings is 1. The quantitative estimate of drug-likeness (QED) is 0.843. The van der Waals surface area contributed by atoms with Crippen LogP contribution < -0.4 is 10.5 Å². The highest BCUT2D eigenvalue weighted by atomic mass is 79.9. The van der Waals surface area contributed by atoms with Crippen LogP contribution in [0.5, 0.6) is 5.75 Å². The van der Waals surface area contributed by atoms with Crippen LogP contribution >= 0.6 is 15.9 Å². The maximum Gasteiger partial charge on any atom is 0.133 e. The molecule has 0 bridgehead atoms. The number of hydrogen-bond acceptors (Lipinski definition) is 2. The standard InChI is InChI=1S/C15H22BrNO/c1-2-8-18-15-7-6-12(10-13(15)16)14(17)9-11-4-3-5-11/h6-7,10-11,14H,2-5,8-9,17H2,1H3. The van der Waals surface area contributed by atoms with E-state index in [1.807, 2.05) is 6.07 Å². The zero-order valence-corrected chi connectivity index (χ0v) is 12.6. The van der Waals surface area contributed by atoms with Crippen LogP contribution in [0, 0.1) is 5.92 Å². The molecule has 1 aliphatic carbocycles. The maximum atomic E-state index is 6.26. The number of hydrogen-bond donors (Lipinski definition) is 1. The first kappa shape index (κ1) is 13.9. The molecule has 18 heavy (non-hydrogen) atoms. The zero-order chi connectivity index (χ0) is 13.0. The molecule has 1 aliphatic rings. The van der Waals surface area contributed by atoms with E-state index in [0.29, 0.717) is 0 Å². The minimum Gasteiger partial charge on any atom is -0.492 e. The molecule has 2 nitrogen and oxygen atoms in total. The molecule has 2 N–H and O–H groups in total. The summed E-state index contributed by atoms with van der Waals surface area (Å²) >= 11 is 3.56. The summed E-state index contributed by atoms with van der Waals surface area (Å²) in [6.07, 6.45) is 6.22. The van der Waals surface area contributed by atoms with Crippen LogP contribution in [0.15, 0.2) is 22.7 Å². The fourth-order valence-electron chi connectivity index (χ4n) is 2.30. The van der Waals surface area contributed by atoms with Crippen molar-refractivity contribution in [3.05, 3.63) is 28.2 Å². The highest BCUT2D eigenvalue weighted by Crippen LogP contribution is 2.35. The van der Waals surface area contributed by atoms with E-state index in [2.05, 4.69) is 35.0 Å². The average molecular weight is 312 g/mol. The fraction of sp³-hybridized carbons (Fsp3) is 0.600. The Morgan fingerprint density at radius 3 is 2.78 bits per heavy atom. The number of ether oxygens (including phenoxy) is 1. The molecule has 1 atom stereocenters. The van der Waals surface area contributed by atoms with Crippen molar-refractivity contribution in [2.24, 2.45) is 11.7 Å². The summed E-state index contributed by atoms with van der Waals surface area (Å²) in [4.78, 5) is 0. The molecule has 0 radical (unpaired) electrons. The topological polar surface area (TPSA) is 35.2 Å². The molecule has 0 spiro atoms. The summed E-state index contributed by atoms with van der Waals surface area (Å²) in [7, 11) is 0. The van der Waals surface area contributed by atoms with Gasteiger partial charge in [-0.05, 0) is 52.4 Å². The van der Waals surface area contributed by atoms with Crippen LogP contribution in [-0.4, -0.2) is 6.61 Å². The van der Waals surface area contributed by atoms with E-state index in [-0.39, 0.29) is 6.04 Å². The lowest BCUT2D eigenvalue weighted by atomic mass is 9.80. The van der Waals surface area contributed by atoms with Gasteiger partial charge in [0, 0.05) is 6.04 Å². The Balaban J connectivity index is 1.97. The minimum atomic E-state index is 0.159. The number of halogens is 1. The molecule has 1 saturated carbocycles. The largest absolute Gasteiger partial charge is 0.492 e. The van der Waals surface area contributed by atoms with Gasteiger partial charge in [-0.2, -0.15) is 0 Å². The highest BCUT2D eigenvalue weighted by molar-refractivity contribution is 9.10.